The second kappa shape index (κ2) is 11.3. The van der Waals surface area contributed by atoms with Gasteiger partial charge in [0.2, 0.25) is 5.91 Å². The van der Waals surface area contributed by atoms with Crippen LogP contribution in [-0.4, -0.2) is 39.1 Å². The quantitative estimate of drug-likeness (QED) is 0.409. The molecule has 3 aromatic rings. The molecular weight excluding hydrogens is 538 g/mol. The van der Waals surface area contributed by atoms with Gasteiger partial charge in [0.05, 0.1) is 12.0 Å². The van der Waals surface area contributed by atoms with Gasteiger partial charge in [-0.1, -0.05) is 41.4 Å². The summed E-state index contributed by atoms with van der Waals surface area (Å²) in [4.78, 5) is 37.2. The summed E-state index contributed by atoms with van der Waals surface area (Å²) in [5.41, 5.74) is 3.54. The van der Waals surface area contributed by atoms with Gasteiger partial charge in [0.1, 0.15) is 13.2 Å². The fourth-order valence-corrected chi connectivity index (χ4v) is 4.06. The van der Waals surface area contributed by atoms with Crippen LogP contribution in [0.3, 0.4) is 0 Å². The predicted molar refractivity (Wildman–Crippen MR) is 130 cm³/mol. The van der Waals surface area contributed by atoms with Gasteiger partial charge in [-0.05, 0) is 42.8 Å². The molecule has 0 bridgehead atoms. The SMILES string of the molecule is C[C@@](COC(N)=O)(NC(=O)Cn1nc(-c2ccc(Cl)cc2)n(CCC(F)(F)F)c1=O)c1ccccc1Cl. The number of aromatic nitrogens is 3. The summed E-state index contributed by atoms with van der Waals surface area (Å²) in [6.07, 6.45) is -6.88. The van der Waals surface area contributed by atoms with Crippen molar-refractivity contribution in [3.63, 3.8) is 0 Å². The van der Waals surface area contributed by atoms with Crippen molar-refractivity contribution < 1.29 is 27.5 Å². The molecule has 198 valence electrons. The minimum atomic E-state index is -4.52. The van der Waals surface area contributed by atoms with E-state index < -0.39 is 48.9 Å². The van der Waals surface area contributed by atoms with E-state index in [0.717, 1.165) is 9.25 Å². The molecule has 9 nitrogen and oxygen atoms in total. The first kappa shape index (κ1) is 28.1. The first-order chi connectivity index (χ1) is 17.3. The van der Waals surface area contributed by atoms with Gasteiger partial charge in [-0.2, -0.15) is 13.2 Å². The van der Waals surface area contributed by atoms with Gasteiger partial charge < -0.3 is 15.8 Å². The van der Waals surface area contributed by atoms with Gasteiger partial charge in [-0.15, -0.1) is 5.10 Å². The minimum Gasteiger partial charge on any atom is -0.447 e. The Morgan fingerprint density at radius 2 is 1.76 bits per heavy atom. The van der Waals surface area contributed by atoms with Crippen LogP contribution in [0.4, 0.5) is 18.0 Å². The van der Waals surface area contributed by atoms with Crippen LogP contribution in [0.5, 0.6) is 0 Å². The molecule has 0 aliphatic carbocycles. The zero-order valence-corrected chi connectivity index (χ0v) is 20.9. The summed E-state index contributed by atoms with van der Waals surface area (Å²) < 4.78 is 45.2. The van der Waals surface area contributed by atoms with E-state index in [1.165, 1.54) is 31.2 Å². The molecule has 0 saturated heterocycles. The smallest absolute Gasteiger partial charge is 0.404 e. The average Bonchev–Trinajstić information content (AvgIpc) is 3.11. The number of amides is 2. The van der Waals surface area contributed by atoms with Gasteiger partial charge in [0.15, 0.2) is 5.82 Å². The van der Waals surface area contributed by atoms with E-state index in [4.69, 9.17) is 33.7 Å². The maximum absolute atomic E-state index is 13.0. The number of carbonyl (C=O) groups is 2. The highest BCUT2D eigenvalue weighted by atomic mass is 35.5. The fraction of sp³-hybridized carbons (Fsp3) is 0.304. The molecule has 1 aromatic heterocycles. The Labute approximate surface area is 218 Å². The monoisotopic (exact) mass is 559 g/mol. The van der Waals surface area contributed by atoms with Crippen molar-refractivity contribution in [3.8, 4) is 11.4 Å². The van der Waals surface area contributed by atoms with Crippen LogP contribution in [0, 0.1) is 0 Å². The molecule has 1 heterocycles. The van der Waals surface area contributed by atoms with Crippen molar-refractivity contribution in [1.29, 1.82) is 0 Å². The Balaban J connectivity index is 1.93. The Kier molecular flexibility index (Phi) is 8.54. The predicted octanol–water partition coefficient (Wildman–Crippen LogP) is 4.10. The maximum atomic E-state index is 13.0. The number of halogens is 5. The fourth-order valence-electron chi connectivity index (χ4n) is 3.59. The summed E-state index contributed by atoms with van der Waals surface area (Å²) in [6, 6.07) is 12.5. The Hall–Kier alpha value is -3.51. The number of benzene rings is 2. The lowest BCUT2D eigenvalue weighted by atomic mass is 9.92. The molecule has 0 aliphatic rings. The molecule has 0 aliphatic heterocycles. The Bertz CT molecular complexity index is 1340. The molecule has 1 atom stereocenters. The third kappa shape index (κ3) is 7.26. The van der Waals surface area contributed by atoms with E-state index in [1.807, 2.05) is 0 Å². The van der Waals surface area contributed by atoms with Crippen LogP contribution < -0.4 is 16.7 Å². The number of rotatable bonds is 9. The van der Waals surface area contributed by atoms with E-state index >= 15 is 0 Å². The summed E-state index contributed by atoms with van der Waals surface area (Å²) >= 11 is 12.2. The van der Waals surface area contributed by atoms with Crippen LogP contribution >= 0.6 is 23.2 Å². The van der Waals surface area contributed by atoms with Crippen molar-refractivity contribution in [1.82, 2.24) is 19.7 Å². The molecule has 0 unspecified atom stereocenters. The number of nitrogens with two attached hydrogens (primary N) is 1. The van der Waals surface area contributed by atoms with E-state index in [-0.39, 0.29) is 17.5 Å². The van der Waals surface area contributed by atoms with E-state index in [9.17, 15) is 27.6 Å². The molecular formula is C23H22Cl2F3N5O4. The molecule has 0 spiro atoms. The molecule has 2 amide bonds. The standard InChI is InChI=1S/C23H22Cl2F3N5O4/c1-22(13-37-20(29)35,16-4-2-3-5-17(16)25)30-18(34)12-33-21(36)32(11-10-23(26,27)28)19(31-33)14-6-8-15(24)9-7-14/h2-9H,10-13H2,1H3,(H2,29,35)(H,30,34)/t22-/m0/s1. The maximum Gasteiger partial charge on any atom is 0.404 e. The largest absolute Gasteiger partial charge is 0.447 e. The van der Waals surface area contributed by atoms with E-state index in [0.29, 0.717) is 16.1 Å². The van der Waals surface area contributed by atoms with Crippen LogP contribution in [0.1, 0.15) is 18.9 Å². The van der Waals surface area contributed by atoms with Crippen LogP contribution in [0.25, 0.3) is 11.4 Å². The number of hydrogen-bond acceptors (Lipinski definition) is 5. The molecule has 0 radical (unpaired) electrons. The Morgan fingerprint density at radius 3 is 2.35 bits per heavy atom. The first-order valence-corrected chi connectivity index (χ1v) is 11.5. The van der Waals surface area contributed by atoms with E-state index in [2.05, 4.69) is 10.4 Å². The minimum absolute atomic E-state index is 0.0651. The molecule has 0 saturated carbocycles. The van der Waals surface area contributed by atoms with Gasteiger partial charge in [-0.3, -0.25) is 9.36 Å². The molecule has 2 aromatic carbocycles. The lowest BCUT2D eigenvalue weighted by Gasteiger charge is -2.31. The van der Waals surface area contributed by atoms with Gasteiger partial charge >= 0.3 is 18.0 Å². The highest BCUT2D eigenvalue weighted by molar-refractivity contribution is 6.31. The van der Waals surface area contributed by atoms with Crippen LogP contribution in [0.15, 0.2) is 53.3 Å². The van der Waals surface area contributed by atoms with E-state index in [1.54, 1.807) is 24.3 Å². The molecule has 3 N–H and O–H groups in total. The van der Waals surface area contributed by atoms with Crippen molar-refractivity contribution >= 4 is 35.2 Å². The van der Waals surface area contributed by atoms with Crippen LogP contribution in [-0.2, 0) is 28.2 Å². The van der Waals surface area contributed by atoms with Crippen molar-refractivity contribution in [2.75, 3.05) is 6.61 Å². The second-order valence-electron chi connectivity index (χ2n) is 8.26. The number of nitrogens with zero attached hydrogens (tertiary/aromatic N) is 3. The highest BCUT2D eigenvalue weighted by Crippen LogP contribution is 2.29. The third-order valence-electron chi connectivity index (χ3n) is 5.32. The second-order valence-corrected chi connectivity index (χ2v) is 9.10. The summed E-state index contributed by atoms with van der Waals surface area (Å²) in [5.74, 6) is -0.814. The van der Waals surface area contributed by atoms with Gasteiger partial charge in [0, 0.05) is 22.2 Å². The van der Waals surface area contributed by atoms with Crippen molar-refractivity contribution in [2.24, 2.45) is 5.73 Å². The summed E-state index contributed by atoms with van der Waals surface area (Å²) in [5, 5.41) is 7.40. The molecule has 37 heavy (non-hydrogen) atoms. The number of nitrogens with one attached hydrogen (secondary N) is 1. The Morgan fingerprint density at radius 1 is 1.11 bits per heavy atom. The average molecular weight is 560 g/mol. The van der Waals surface area contributed by atoms with Crippen LogP contribution in [0.2, 0.25) is 10.0 Å². The molecule has 0 fully saturated rings. The summed E-state index contributed by atoms with van der Waals surface area (Å²) in [7, 11) is 0. The number of hydrogen-bond donors (Lipinski definition) is 2. The van der Waals surface area contributed by atoms with Gasteiger partial charge in [0.25, 0.3) is 0 Å². The lowest BCUT2D eigenvalue weighted by molar-refractivity contribution is -0.136. The van der Waals surface area contributed by atoms with Crippen molar-refractivity contribution in [2.45, 2.75) is 38.1 Å². The third-order valence-corrected chi connectivity index (χ3v) is 5.91. The lowest BCUT2D eigenvalue weighted by Crippen LogP contribution is -2.49. The number of carbonyl (C=O) groups excluding carboxylic acids is 2. The zero-order chi connectivity index (χ0) is 27.4. The molecule has 14 heteroatoms. The van der Waals surface area contributed by atoms with Crippen molar-refractivity contribution in [3.05, 3.63) is 74.6 Å². The highest BCUT2D eigenvalue weighted by Gasteiger charge is 2.33. The normalized spacial score (nSPS) is 13.1. The first-order valence-electron chi connectivity index (χ1n) is 10.8. The molecule has 3 rings (SSSR count). The zero-order valence-electron chi connectivity index (χ0n) is 19.4. The van der Waals surface area contributed by atoms with Gasteiger partial charge in [-0.25, -0.2) is 14.3 Å². The number of alkyl halides is 3. The number of primary amides is 1. The summed E-state index contributed by atoms with van der Waals surface area (Å²) in [6.45, 7) is -0.206. The number of ether oxygens (including phenoxy) is 1. The topological polar surface area (TPSA) is 121 Å².